The van der Waals surface area contributed by atoms with Gasteiger partial charge in [-0.1, -0.05) is 12.1 Å². The van der Waals surface area contributed by atoms with Gasteiger partial charge in [-0.25, -0.2) is 14.4 Å². The zero-order valence-corrected chi connectivity index (χ0v) is 8.89. The lowest BCUT2D eigenvalue weighted by Gasteiger charge is -2.13. The summed E-state index contributed by atoms with van der Waals surface area (Å²) in [5.74, 6) is 0.305. The van der Waals surface area contributed by atoms with E-state index < -0.39 is 0 Å². The Labute approximate surface area is 93.4 Å². The van der Waals surface area contributed by atoms with Gasteiger partial charge in [0.2, 0.25) is 5.95 Å². The van der Waals surface area contributed by atoms with Gasteiger partial charge in [-0.2, -0.15) is 0 Å². The first kappa shape index (κ1) is 10.5. The first-order valence-corrected chi connectivity index (χ1v) is 5.05. The van der Waals surface area contributed by atoms with Crippen LogP contribution in [0.3, 0.4) is 0 Å². The Hall–Kier alpha value is -1.97. The predicted octanol–water partition coefficient (Wildman–Crippen LogP) is 2.79. The summed E-state index contributed by atoms with van der Waals surface area (Å²) in [5, 5.41) is 3.10. The van der Waals surface area contributed by atoms with Gasteiger partial charge in [0.15, 0.2) is 0 Å². The van der Waals surface area contributed by atoms with Gasteiger partial charge in [0.05, 0.1) is 6.04 Å². The van der Waals surface area contributed by atoms with Gasteiger partial charge in [0.1, 0.15) is 5.82 Å². The van der Waals surface area contributed by atoms with Crippen molar-refractivity contribution >= 4 is 5.95 Å². The monoisotopic (exact) mass is 217 g/mol. The molecule has 0 spiro atoms. The van der Waals surface area contributed by atoms with Gasteiger partial charge < -0.3 is 5.32 Å². The fraction of sp³-hybridized carbons (Fsp3) is 0.167. The SMILES string of the molecule is CC(Nc1ncccn1)c1cccc(F)c1. The molecule has 1 atom stereocenters. The standard InChI is InChI=1S/C12H12FN3/c1-9(10-4-2-5-11(13)8-10)16-12-14-6-3-7-15-12/h2-9H,1H3,(H,14,15,16). The molecule has 1 heterocycles. The second-order valence-electron chi connectivity index (χ2n) is 3.49. The van der Waals surface area contributed by atoms with Gasteiger partial charge in [-0.15, -0.1) is 0 Å². The van der Waals surface area contributed by atoms with Crippen LogP contribution in [0.25, 0.3) is 0 Å². The van der Waals surface area contributed by atoms with E-state index in [-0.39, 0.29) is 11.9 Å². The number of rotatable bonds is 3. The summed E-state index contributed by atoms with van der Waals surface area (Å²) < 4.78 is 13.0. The molecular weight excluding hydrogens is 205 g/mol. The van der Waals surface area contributed by atoms with E-state index in [1.807, 2.05) is 13.0 Å². The van der Waals surface area contributed by atoms with E-state index in [1.165, 1.54) is 12.1 Å². The smallest absolute Gasteiger partial charge is 0.223 e. The normalized spacial score (nSPS) is 12.1. The van der Waals surface area contributed by atoms with Crippen LogP contribution < -0.4 is 5.32 Å². The zero-order valence-electron chi connectivity index (χ0n) is 8.89. The van der Waals surface area contributed by atoms with E-state index in [0.29, 0.717) is 5.95 Å². The van der Waals surface area contributed by atoms with Crippen molar-refractivity contribution in [2.75, 3.05) is 5.32 Å². The van der Waals surface area contributed by atoms with E-state index in [9.17, 15) is 4.39 Å². The molecule has 0 aliphatic rings. The topological polar surface area (TPSA) is 37.8 Å². The van der Waals surface area contributed by atoms with E-state index in [2.05, 4.69) is 15.3 Å². The molecule has 2 aromatic rings. The molecule has 1 aromatic carbocycles. The van der Waals surface area contributed by atoms with Crippen molar-refractivity contribution in [2.24, 2.45) is 0 Å². The highest BCUT2D eigenvalue weighted by Gasteiger charge is 2.06. The van der Waals surface area contributed by atoms with Crippen molar-refractivity contribution in [1.29, 1.82) is 0 Å². The van der Waals surface area contributed by atoms with Gasteiger partial charge in [0, 0.05) is 12.4 Å². The molecule has 3 nitrogen and oxygen atoms in total. The summed E-state index contributed by atoms with van der Waals surface area (Å²) >= 11 is 0. The lowest BCUT2D eigenvalue weighted by atomic mass is 10.1. The summed E-state index contributed by atoms with van der Waals surface area (Å²) in [6.45, 7) is 1.94. The highest BCUT2D eigenvalue weighted by atomic mass is 19.1. The molecule has 1 aromatic heterocycles. The maximum Gasteiger partial charge on any atom is 0.223 e. The average molecular weight is 217 g/mol. The molecule has 0 radical (unpaired) electrons. The maximum atomic E-state index is 13.0. The number of anilines is 1. The van der Waals surface area contributed by atoms with Crippen LogP contribution >= 0.6 is 0 Å². The van der Waals surface area contributed by atoms with Crippen LogP contribution in [-0.2, 0) is 0 Å². The van der Waals surface area contributed by atoms with Crippen LogP contribution in [0, 0.1) is 5.82 Å². The van der Waals surface area contributed by atoms with Crippen LogP contribution in [0.15, 0.2) is 42.7 Å². The van der Waals surface area contributed by atoms with E-state index in [4.69, 9.17) is 0 Å². The van der Waals surface area contributed by atoms with E-state index >= 15 is 0 Å². The molecule has 2 rings (SSSR count). The van der Waals surface area contributed by atoms with Crippen LogP contribution in [-0.4, -0.2) is 9.97 Å². The van der Waals surface area contributed by atoms with Crippen molar-refractivity contribution in [3.05, 3.63) is 54.1 Å². The Morgan fingerprint density at radius 1 is 1.19 bits per heavy atom. The number of aromatic nitrogens is 2. The quantitative estimate of drug-likeness (QED) is 0.859. The van der Waals surface area contributed by atoms with Crippen molar-refractivity contribution < 1.29 is 4.39 Å². The van der Waals surface area contributed by atoms with Gasteiger partial charge >= 0.3 is 0 Å². The molecular formula is C12H12FN3. The molecule has 0 saturated heterocycles. The molecule has 0 bridgehead atoms. The number of hydrogen-bond acceptors (Lipinski definition) is 3. The lowest BCUT2D eigenvalue weighted by molar-refractivity contribution is 0.623. The molecule has 0 fully saturated rings. The molecule has 0 amide bonds. The highest BCUT2D eigenvalue weighted by Crippen LogP contribution is 2.16. The predicted molar refractivity (Wildman–Crippen MR) is 60.5 cm³/mol. The first-order valence-electron chi connectivity index (χ1n) is 5.05. The largest absolute Gasteiger partial charge is 0.348 e. The molecule has 16 heavy (non-hydrogen) atoms. The Morgan fingerprint density at radius 2 is 1.94 bits per heavy atom. The Balaban J connectivity index is 2.12. The van der Waals surface area contributed by atoms with Gasteiger partial charge in [-0.05, 0) is 30.7 Å². The first-order chi connectivity index (χ1) is 7.75. The van der Waals surface area contributed by atoms with Crippen LogP contribution in [0.1, 0.15) is 18.5 Å². The van der Waals surface area contributed by atoms with Gasteiger partial charge in [0.25, 0.3) is 0 Å². The molecule has 0 aliphatic heterocycles. The summed E-state index contributed by atoms with van der Waals surface area (Å²) in [6.07, 6.45) is 3.32. The van der Waals surface area contributed by atoms with Crippen molar-refractivity contribution in [3.63, 3.8) is 0 Å². The lowest BCUT2D eigenvalue weighted by Crippen LogP contribution is -2.09. The molecule has 4 heteroatoms. The number of nitrogens with zero attached hydrogens (tertiary/aromatic N) is 2. The third kappa shape index (κ3) is 2.53. The Morgan fingerprint density at radius 3 is 2.62 bits per heavy atom. The molecule has 82 valence electrons. The molecule has 1 N–H and O–H groups in total. The van der Waals surface area contributed by atoms with Crippen LogP contribution in [0.5, 0.6) is 0 Å². The number of nitrogens with one attached hydrogen (secondary N) is 1. The summed E-state index contributed by atoms with van der Waals surface area (Å²) in [4.78, 5) is 8.10. The fourth-order valence-corrected chi connectivity index (χ4v) is 1.43. The maximum absolute atomic E-state index is 13.0. The Bertz CT molecular complexity index is 459. The summed E-state index contributed by atoms with van der Waals surface area (Å²) in [5.41, 5.74) is 0.868. The van der Waals surface area contributed by atoms with Crippen molar-refractivity contribution in [3.8, 4) is 0 Å². The minimum absolute atomic E-state index is 0.0295. The second-order valence-corrected chi connectivity index (χ2v) is 3.49. The third-order valence-electron chi connectivity index (χ3n) is 2.26. The summed E-state index contributed by atoms with van der Waals surface area (Å²) in [6, 6.07) is 8.20. The van der Waals surface area contributed by atoms with Crippen LogP contribution in [0.2, 0.25) is 0 Å². The summed E-state index contributed by atoms with van der Waals surface area (Å²) in [7, 11) is 0. The van der Waals surface area contributed by atoms with Crippen molar-refractivity contribution in [1.82, 2.24) is 9.97 Å². The van der Waals surface area contributed by atoms with Crippen LogP contribution in [0.4, 0.5) is 10.3 Å². The Kier molecular flexibility index (Phi) is 3.10. The number of halogens is 1. The van der Waals surface area contributed by atoms with E-state index in [0.717, 1.165) is 5.56 Å². The number of hydrogen-bond donors (Lipinski definition) is 1. The zero-order chi connectivity index (χ0) is 11.4. The number of benzene rings is 1. The average Bonchev–Trinajstić information content (AvgIpc) is 2.30. The molecule has 0 saturated carbocycles. The molecule has 0 aliphatic carbocycles. The second kappa shape index (κ2) is 4.70. The van der Waals surface area contributed by atoms with E-state index in [1.54, 1.807) is 24.5 Å². The minimum Gasteiger partial charge on any atom is -0.348 e. The third-order valence-corrected chi connectivity index (χ3v) is 2.26. The fourth-order valence-electron chi connectivity index (χ4n) is 1.43. The van der Waals surface area contributed by atoms with Crippen molar-refractivity contribution in [2.45, 2.75) is 13.0 Å². The minimum atomic E-state index is -0.236. The van der Waals surface area contributed by atoms with Gasteiger partial charge in [-0.3, -0.25) is 0 Å². The highest BCUT2D eigenvalue weighted by molar-refractivity contribution is 5.30. The molecule has 1 unspecified atom stereocenters.